The van der Waals surface area contributed by atoms with Crippen LogP contribution in [0.15, 0.2) is 39.3 Å². The number of aromatic nitrogens is 1. The van der Waals surface area contributed by atoms with Crippen molar-refractivity contribution >= 4 is 22.0 Å². The average molecular weight is 407 g/mol. The van der Waals surface area contributed by atoms with E-state index in [4.69, 9.17) is 4.52 Å². The Balaban J connectivity index is 1.47. The first kappa shape index (κ1) is 17.9. The lowest BCUT2D eigenvalue weighted by molar-refractivity contribution is 0.126. The second kappa shape index (κ2) is 8.01. The highest BCUT2D eigenvalue weighted by atomic mass is 79.9. The van der Waals surface area contributed by atoms with Gasteiger partial charge < -0.3 is 14.7 Å². The monoisotopic (exact) mass is 406 g/mol. The van der Waals surface area contributed by atoms with Gasteiger partial charge in [-0.3, -0.25) is 4.90 Å². The quantitative estimate of drug-likeness (QED) is 0.845. The molecule has 0 saturated carbocycles. The van der Waals surface area contributed by atoms with Crippen LogP contribution in [0.3, 0.4) is 0 Å². The van der Waals surface area contributed by atoms with Crippen LogP contribution in [0.4, 0.5) is 4.79 Å². The van der Waals surface area contributed by atoms with Gasteiger partial charge in [0.05, 0.1) is 18.3 Å². The van der Waals surface area contributed by atoms with E-state index in [1.165, 1.54) is 0 Å². The minimum absolute atomic E-state index is 0.00872. The van der Waals surface area contributed by atoms with E-state index in [-0.39, 0.29) is 12.1 Å². The minimum Gasteiger partial charge on any atom is -0.360 e. The number of carbonyl (C=O) groups excluding carboxylic acids is 1. The van der Waals surface area contributed by atoms with Crippen LogP contribution >= 0.6 is 15.9 Å². The Labute approximate surface area is 156 Å². The van der Waals surface area contributed by atoms with Crippen molar-refractivity contribution in [2.75, 3.05) is 26.2 Å². The SMILES string of the molecule is Cc1cc(CN2CCN(C(=O)NC(C)c3ccc(Br)cc3)CC2)on1. The summed E-state index contributed by atoms with van der Waals surface area (Å²) in [5, 5.41) is 6.99. The van der Waals surface area contributed by atoms with Crippen molar-refractivity contribution in [3.63, 3.8) is 0 Å². The predicted octanol–water partition coefficient (Wildman–Crippen LogP) is 3.33. The molecule has 1 unspecified atom stereocenters. The van der Waals surface area contributed by atoms with E-state index >= 15 is 0 Å². The Morgan fingerprint density at radius 1 is 1.28 bits per heavy atom. The molecule has 7 heteroatoms. The third kappa shape index (κ3) is 4.83. The second-order valence-corrected chi connectivity index (χ2v) is 7.34. The maximum Gasteiger partial charge on any atom is 0.317 e. The summed E-state index contributed by atoms with van der Waals surface area (Å²) in [4.78, 5) is 16.6. The van der Waals surface area contributed by atoms with E-state index in [1.54, 1.807) is 0 Å². The molecule has 1 aliphatic heterocycles. The number of benzene rings is 1. The van der Waals surface area contributed by atoms with Crippen LogP contribution in [-0.2, 0) is 6.54 Å². The lowest BCUT2D eigenvalue weighted by Crippen LogP contribution is -2.51. The molecule has 1 saturated heterocycles. The van der Waals surface area contributed by atoms with Gasteiger partial charge in [0.2, 0.25) is 0 Å². The molecule has 2 heterocycles. The van der Waals surface area contributed by atoms with Crippen LogP contribution in [0.1, 0.15) is 30.0 Å². The summed E-state index contributed by atoms with van der Waals surface area (Å²) >= 11 is 3.43. The van der Waals surface area contributed by atoms with Gasteiger partial charge >= 0.3 is 6.03 Å². The zero-order chi connectivity index (χ0) is 17.8. The van der Waals surface area contributed by atoms with Crippen LogP contribution in [0.25, 0.3) is 0 Å². The normalized spacial score (nSPS) is 16.7. The lowest BCUT2D eigenvalue weighted by atomic mass is 10.1. The Morgan fingerprint density at radius 2 is 1.96 bits per heavy atom. The van der Waals surface area contributed by atoms with E-state index in [0.717, 1.165) is 41.1 Å². The summed E-state index contributed by atoms with van der Waals surface area (Å²) in [6.45, 7) is 7.76. The number of nitrogens with one attached hydrogen (secondary N) is 1. The molecule has 2 aromatic rings. The molecule has 0 radical (unpaired) electrons. The van der Waals surface area contributed by atoms with Crippen LogP contribution in [0, 0.1) is 6.92 Å². The molecule has 0 aliphatic carbocycles. The number of urea groups is 1. The largest absolute Gasteiger partial charge is 0.360 e. The molecule has 1 fully saturated rings. The number of nitrogens with zero attached hydrogens (tertiary/aromatic N) is 3. The number of piperazine rings is 1. The molecule has 1 N–H and O–H groups in total. The van der Waals surface area contributed by atoms with Gasteiger partial charge in [0.25, 0.3) is 0 Å². The molecule has 1 aliphatic rings. The number of carbonyl (C=O) groups is 1. The van der Waals surface area contributed by atoms with Crippen molar-refractivity contribution in [3.8, 4) is 0 Å². The molecule has 0 bridgehead atoms. The molecule has 1 atom stereocenters. The summed E-state index contributed by atoms with van der Waals surface area (Å²) in [7, 11) is 0. The summed E-state index contributed by atoms with van der Waals surface area (Å²) in [6, 6.07) is 9.95. The van der Waals surface area contributed by atoms with Gasteiger partial charge in [-0.15, -0.1) is 0 Å². The van der Waals surface area contributed by atoms with E-state index in [9.17, 15) is 4.79 Å². The number of rotatable bonds is 4. The summed E-state index contributed by atoms with van der Waals surface area (Å²) in [5.74, 6) is 0.874. The number of halogens is 1. The highest BCUT2D eigenvalue weighted by Crippen LogP contribution is 2.17. The maximum atomic E-state index is 12.5. The molecule has 6 nitrogen and oxygen atoms in total. The average Bonchev–Trinajstić information content (AvgIpc) is 3.01. The van der Waals surface area contributed by atoms with Crippen LogP contribution in [-0.4, -0.2) is 47.2 Å². The van der Waals surface area contributed by atoms with Crippen LogP contribution in [0.5, 0.6) is 0 Å². The van der Waals surface area contributed by atoms with Crippen molar-refractivity contribution in [2.45, 2.75) is 26.4 Å². The Hall–Kier alpha value is -1.86. The Kier molecular flexibility index (Phi) is 5.75. The zero-order valence-corrected chi connectivity index (χ0v) is 16.1. The minimum atomic E-state index is -0.0178. The predicted molar refractivity (Wildman–Crippen MR) is 99.2 cm³/mol. The van der Waals surface area contributed by atoms with Gasteiger partial charge in [0.15, 0.2) is 5.76 Å². The van der Waals surface area contributed by atoms with E-state index in [0.29, 0.717) is 13.1 Å². The topological polar surface area (TPSA) is 61.6 Å². The first-order valence-electron chi connectivity index (χ1n) is 8.47. The van der Waals surface area contributed by atoms with Gasteiger partial charge in [-0.2, -0.15) is 0 Å². The summed E-state index contributed by atoms with van der Waals surface area (Å²) in [5.41, 5.74) is 1.99. The Bertz CT molecular complexity index is 708. The fraction of sp³-hybridized carbons (Fsp3) is 0.444. The highest BCUT2D eigenvalue weighted by Gasteiger charge is 2.23. The van der Waals surface area contributed by atoms with Crippen molar-refractivity contribution in [1.82, 2.24) is 20.3 Å². The number of amides is 2. The smallest absolute Gasteiger partial charge is 0.317 e. The number of aryl methyl sites for hydroxylation is 1. The Morgan fingerprint density at radius 3 is 2.56 bits per heavy atom. The molecule has 2 amide bonds. The molecule has 3 rings (SSSR count). The van der Waals surface area contributed by atoms with Gasteiger partial charge in [0.1, 0.15) is 0 Å². The maximum absolute atomic E-state index is 12.5. The molecule has 25 heavy (non-hydrogen) atoms. The molecule has 0 spiro atoms. The van der Waals surface area contributed by atoms with Crippen molar-refractivity contribution in [2.24, 2.45) is 0 Å². The molecule has 1 aromatic heterocycles. The van der Waals surface area contributed by atoms with E-state index < -0.39 is 0 Å². The van der Waals surface area contributed by atoms with Crippen LogP contribution < -0.4 is 5.32 Å². The van der Waals surface area contributed by atoms with E-state index in [2.05, 4.69) is 31.3 Å². The fourth-order valence-electron chi connectivity index (χ4n) is 2.93. The summed E-state index contributed by atoms with van der Waals surface area (Å²) in [6.07, 6.45) is 0. The first-order chi connectivity index (χ1) is 12.0. The second-order valence-electron chi connectivity index (χ2n) is 6.42. The van der Waals surface area contributed by atoms with Crippen molar-refractivity contribution in [3.05, 3.63) is 51.8 Å². The van der Waals surface area contributed by atoms with Crippen LogP contribution in [0.2, 0.25) is 0 Å². The number of hydrogen-bond acceptors (Lipinski definition) is 4. The van der Waals surface area contributed by atoms with Gasteiger partial charge in [-0.1, -0.05) is 33.2 Å². The first-order valence-corrected chi connectivity index (χ1v) is 9.26. The lowest BCUT2D eigenvalue weighted by Gasteiger charge is -2.34. The fourth-order valence-corrected chi connectivity index (χ4v) is 3.20. The van der Waals surface area contributed by atoms with E-state index in [1.807, 2.05) is 49.1 Å². The molecular weight excluding hydrogens is 384 g/mol. The zero-order valence-electron chi connectivity index (χ0n) is 14.5. The standard InChI is InChI=1S/C18H23BrN4O2/c1-13-11-17(25-21-13)12-22-7-9-23(10-8-22)18(24)20-14(2)15-3-5-16(19)6-4-15/h3-6,11,14H,7-10,12H2,1-2H3,(H,20,24). The molecule has 134 valence electrons. The third-order valence-electron chi connectivity index (χ3n) is 4.43. The molecular formula is C18H23BrN4O2. The van der Waals surface area contributed by atoms with Gasteiger partial charge in [0, 0.05) is 36.7 Å². The summed E-state index contributed by atoms with van der Waals surface area (Å²) < 4.78 is 6.30. The van der Waals surface area contributed by atoms with Gasteiger partial charge in [-0.05, 0) is 31.5 Å². The molecule has 1 aromatic carbocycles. The highest BCUT2D eigenvalue weighted by molar-refractivity contribution is 9.10. The van der Waals surface area contributed by atoms with Crippen molar-refractivity contribution in [1.29, 1.82) is 0 Å². The third-order valence-corrected chi connectivity index (χ3v) is 4.95. The van der Waals surface area contributed by atoms with Gasteiger partial charge in [-0.25, -0.2) is 4.79 Å². The van der Waals surface area contributed by atoms with Crippen molar-refractivity contribution < 1.29 is 9.32 Å². The number of hydrogen-bond donors (Lipinski definition) is 1.